The van der Waals surface area contributed by atoms with Crippen LogP contribution in [-0.4, -0.2) is 19.0 Å². The highest BCUT2D eigenvalue weighted by molar-refractivity contribution is 5.84. The SMILES string of the molecule is C(=N\N=C\c1ccc2c(c1)CCN2)/c1ccc2c(c1)CNC2. The van der Waals surface area contributed by atoms with E-state index in [1.54, 1.807) is 0 Å². The monoisotopic (exact) mass is 290 g/mol. The van der Waals surface area contributed by atoms with Crippen LogP contribution in [0.15, 0.2) is 46.6 Å². The minimum atomic E-state index is 0.948. The Kier molecular flexibility index (Phi) is 3.45. The Labute approximate surface area is 130 Å². The van der Waals surface area contributed by atoms with Crippen LogP contribution in [0.5, 0.6) is 0 Å². The Balaban J connectivity index is 1.45. The zero-order valence-corrected chi connectivity index (χ0v) is 12.3. The molecule has 4 rings (SSSR count). The molecule has 2 aliphatic rings. The maximum atomic E-state index is 4.16. The fourth-order valence-corrected chi connectivity index (χ4v) is 3.00. The molecule has 0 fully saturated rings. The molecule has 0 saturated heterocycles. The van der Waals surface area contributed by atoms with Crippen LogP contribution in [0.2, 0.25) is 0 Å². The maximum Gasteiger partial charge on any atom is 0.0568 e. The zero-order valence-electron chi connectivity index (χ0n) is 12.3. The van der Waals surface area contributed by atoms with Gasteiger partial charge in [-0.1, -0.05) is 18.2 Å². The number of hydrogen-bond donors (Lipinski definition) is 2. The molecule has 0 amide bonds. The van der Waals surface area contributed by atoms with Crippen molar-refractivity contribution in [2.45, 2.75) is 19.5 Å². The molecule has 0 spiro atoms. The second kappa shape index (κ2) is 5.73. The number of benzene rings is 2. The average molecular weight is 290 g/mol. The summed E-state index contributed by atoms with van der Waals surface area (Å²) in [6.45, 7) is 2.95. The molecule has 0 unspecified atom stereocenters. The van der Waals surface area contributed by atoms with Crippen LogP contribution >= 0.6 is 0 Å². The summed E-state index contributed by atoms with van der Waals surface area (Å²) >= 11 is 0. The minimum absolute atomic E-state index is 0.948. The zero-order chi connectivity index (χ0) is 14.8. The summed E-state index contributed by atoms with van der Waals surface area (Å²) in [4.78, 5) is 0. The highest BCUT2D eigenvalue weighted by Crippen LogP contribution is 2.22. The number of hydrogen-bond acceptors (Lipinski definition) is 4. The Hall–Kier alpha value is -2.46. The number of fused-ring (bicyclic) bond motifs is 2. The summed E-state index contributed by atoms with van der Waals surface area (Å²) in [6, 6.07) is 12.8. The first-order valence-corrected chi connectivity index (χ1v) is 7.64. The molecule has 0 saturated carbocycles. The van der Waals surface area contributed by atoms with Crippen molar-refractivity contribution in [2.24, 2.45) is 10.2 Å². The van der Waals surface area contributed by atoms with Gasteiger partial charge in [0.25, 0.3) is 0 Å². The third-order valence-electron chi connectivity index (χ3n) is 4.18. The van der Waals surface area contributed by atoms with Gasteiger partial charge in [0.2, 0.25) is 0 Å². The summed E-state index contributed by atoms with van der Waals surface area (Å²) < 4.78 is 0. The van der Waals surface area contributed by atoms with Gasteiger partial charge in [0.1, 0.15) is 0 Å². The Morgan fingerprint density at radius 3 is 2.41 bits per heavy atom. The van der Waals surface area contributed by atoms with Gasteiger partial charge in [0.15, 0.2) is 0 Å². The Morgan fingerprint density at radius 1 is 0.818 bits per heavy atom. The number of rotatable bonds is 3. The van der Waals surface area contributed by atoms with Crippen LogP contribution in [-0.2, 0) is 19.5 Å². The van der Waals surface area contributed by atoms with E-state index in [9.17, 15) is 0 Å². The van der Waals surface area contributed by atoms with Gasteiger partial charge in [-0.2, -0.15) is 10.2 Å². The van der Waals surface area contributed by atoms with Gasteiger partial charge in [0, 0.05) is 25.3 Å². The van der Waals surface area contributed by atoms with Crippen molar-refractivity contribution in [3.05, 3.63) is 64.2 Å². The first kappa shape index (κ1) is 13.2. The van der Waals surface area contributed by atoms with Crippen molar-refractivity contribution in [3.8, 4) is 0 Å². The molecule has 0 aromatic heterocycles. The quantitative estimate of drug-likeness (QED) is 0.674. The molecule has 0 atom stereocenters. The summed E-state index contributed by atoms with van der Waals surface area (Å²) in [5, 5.41) is 15.0. The lowest BCUT2D eigenvalue weighted by atomic mass is 10.1. The van der Waals surface area contributed by atoms with Gasteiger partial charge >= 0.3 is 0 Å². The third-order valence-corrected chi connectivity index (χ3v) is 4.18. The van der Waals surface area contributed by atoms with Crippen LogP contribution in [0.25, 0.3) is 0 Å². The van der Waals surface area contributed by atoms with Crippen LogP contribution in [0, 0.1) is 0 Å². The van der Waals surface area contributed by atoms with E-state index in [0.717, 1.165) is 37.2 Å². The van der Waals surface area contributed by atoms with Crippen molar-refractivity contribution >= 4 is 18.1 Å². The molecule has 2 aliphatic heterocycles. The molecule has 2 heterocycles. The Bertz CT molecular complexity index is 696. The van der Waals surface area contributed by atoms with Crippen LogP contribution in [0.3, 0.4) is 0 Å². The molecule has 2 N–H and O–H groups in total. The molecule has 0 bridgehead atoms. The Morgan fingerprint density at radius 2 is 1.55 bits per heavy atom. The predicted molar refractivity (Wildman–Crippen MR) is 90.8 cm³/mol. The first-order valence-electron chi connectivity index (χ1n) is 7.64. The van der Waals surface area contributed by atoms with E-state index < -0.39 is 0 Å². The van der Waals surface area contributed by atoms with Crippen LogP contribution in [0.4, 0.5) is 5.69 Å². The molecule has 0 aliphatic carbocycles. The van der Waals surface area contributed by atoms with E-state index in [-0.39, 0.29) is 0 Å². The fraction of sp³-hybridized carbons (Fsp3) is 0.222. The predicted octanol–water partition coefficient (Wildman–Crippen LogP) is 2.71. The van der Waals surface area contributed by atoms with Crippen LogP contribution < -0.4 is 10.6 Å². The second-order valence-corrected chi connectivity index (χ2v) is 5.71. The lowest BCUT2D eigenvalue weighted by molar-refractivity contribution is 0.765. The highest BCUT2D eigenvalue weighted by atomic mass is 15.2. The first-order chi connectivity index (χ1) is 10.9. The molecular formula is C18H18N4. The van der Waals surface area contributed by atoms with Crippen molar-refractivity contribution in [1.82, 2.24) is 5.32 Å². The number of nitrogens with zero attached hydrogens (tertiary/aromatic N) is 2. The molecule has 4 heteroatoms. The van der Waals surface area contributed by atoms with Crippen molar-refractivity contribution in [3.63, 3.8) is 0 Å². The molecular weight excluding hydrogens is 272 g/mol. The lowest BCUT2D eigenvalue weighted by Crippen LogP contribution is -1.99. The summed E-state index contributed by atoms with van der Waals surface area (Å²) in [5.74, 6) is 0. The normalized spacial score (nSPS) is 16.2. The molecule has 2 aromatic rings. The van der Waals surface area contributed by atoms with E-state index in [4.69, 9.17) is 0 Å². The molecule has 4 nitrogen and oxygen atoms in total. The molecule has 2 aromatic carbocycles. The standard InChI is InChI=1S/C18H18N4/c1-3-16-11-19-12-17(16)8-13(1)9-21-22-10-14-2-4-18-15(7-14)5-6-20-18/h1-4,7-10,19-20H,5-6,11-12H2/b21-9+,22-10+. The molecule has 110 valence electrons. The van der Waals surface area contributed by atoms with Gasteiger partial charge in [-0.25, -0.2) is 0 Å². The molecule has 0 radical (unpaired) electrons. The smallest absolute Gasteiger partial charge is 0.0568 e. The van der Waals surface area contributed by atoms with E-state index in [0.29, 0.717) is 0 Å². The van der Waals surface area contributed by atoms with E-state index >= 15 is 0 Å². The number of anilines is 1. The van der Waals surface area contributed by atoms with Gasteiger partial charge in [-0.05, 0) is 52.4 Å². The highest BCUT2D eigenvalue weighted by Gasteiger charge is 2.09. The maximum absolute atomic E-state index is 4.16. The van der Waals surface area contributed by atoms with E-state index in [1.165, 1.54) is 22.4 Å². The van der Waals surface area contributed by atoms with Gasteiger partial charge in [-0.15, -0.1) is 0 Å². The minimum Gasteiger partial charge on any atom is -0.384 e. The summed E-state index contributed by atoms with van der Waals surface area (Å²) in [7, 11) is 0. The third kappa shape index (κ3) is 2.65. The number of nitrogens with one attached hydrogen (secondary N) is 2. The van der Waals surface area contributed by atoms with Crippen molar-refractivity contribution in [1.29, 1.82) is 0 Å². The fourth-order valence-electron chi connectivity index (χ4n) is 3.00. The topological polar surface area (TPSA) is 48.8 Å². The van der Waals surface area contributed by atoms with Crippen molar-refractivity contribution in [2.75, 3.05) is 11.9 Å². The van der Waals surface area contributed by atoms with E-state index in [1.807, 2.05) is 12.4 Å². The van der Waals surface area contributed by atoms with Crippen LogP contribution in [0.1, 0.15) is 27.8 Å². The lowest BCUT2D eigenvalue weighted by Gasteiger charge is -1.99. The van der Waals surface area contributed by atoms with Gasteiger partial charge in [-0.3, -0.25) is 0 Å². The largest absolute Gasteiger partial charge is 0.384 e. The molecule has 22 heavy (non-hydrogen) atoms. The van der Waals surface area contributed by atoms with Crippen molar-refractivity contribution < 1.29 is 0 Å². The second-order valence-electron chi connectivity index (χ2n) is 5.71. The van der Waals surface area contributed by atoms with Gasteiger partial charge < -0.3 is 10.6 Å². The van der Waals surface area contributed by atoms with Gasteiger partial charge in [0.05, 0.1) is 12.4 Å². The van der Waals surface area contributed by atoms with E-state index in [2.05, 4.69) is 57.2 Å². The average Bonchev–Trinajstić information content (AvgIpc) is 3.19. The summed E-state index contributed by atoms with van der Waals surface area (Å²) in [5.41, 5.74) is 7.54. The summed E-state index contributed by atoms with van der Waals surface area (Å²) in [6.07, 6.45) is 4.71.